The number of rotatable bonds is 3. The molecule has 0 amide bonds. The maximum Gasteiger partial charge on any atom is 0.297 e. The van der Waals surface area contributed by atoms with Crippen LogP contribution in [0.3, 0.4) is 0 Å². The average molecular weight is 427 g/mol. The van der Waals surface area contributed by atoms with Crippen molar-refractivity contribution < 1.29 is 13.6 Å². The number of aromatic nitrogens is 3. The van der Waals surface area contributed by atoms with Gasteiger partial charge >= 0.3 is 0 Å². The van der Waals surface area contributed by atoms with Crippen molar-refractivity contribution in [1.29, 1.82) is 0 Å². The highest BCUT2D eigenvalue weighted by atomic mass is 16.5. The van der Waals surface area contributed by atoms with Gasteiger partial charge in [-0.25, -0.2) is 9.97 Å². The average Bonchev–Trinajstić information content (AvgIpc) is 3.43. The lowest BCUT2D eigenvalue weighted by molar-refractivity contribution is -0.0395. The molecule has 160 valence electrons. The van der Waals surface area contributed by atoms with Crippen molar-refractivity contribution in [2.75, 3.05) is 0 Å². The summed E-state index contributed by atoms with van der Waals surface area (Å²) in [7, 11) is 0. The second-order valence-corrected chi connectivity index (χ2v) is 8.74. The van der Waals surface area contributed by atoms with Gasteiger partial charge in [-0.15, -0.1) is 0 Å². The molecule has 7 heteroatoms. The number of pyridine rings is 1. The summed E-state index contributed by atoms with van der Waals surface area (Å²) in [6.07, 6.45) is 3.85. The van der Waals surface area contributed by atoms with Gasteiger partial charge in [0, 0.05) is 12.0 Å². The molecule has 0 spiro atoms. The van der Waals surface area contributed by atoms with E-state index < -0.39 is 0 Å². The van der Waals surface area contributed by atoms with Gasteiger partial charge in [0.1, 0.15) is 11.2 Å². The molecule has 0 atom stereocenters. The summed E-state index contributed by atoms with van der Waals surface area (Å²) >= 11 is 0. The third-order valence-corrected chi connectivity index (χ3v) is 5.97. The maximum absolute atomic E-state index is 13.3. The van der Waals surface area contributed by atoms with Crippen molar-refractivity contribution in [2.45, 2.75) is 39.0 Å². The van der Waals surface area contributed by atoms with E-state index in [9.17, 15) is 4.79 Å². The number of benzene rings is 1. The molecule has 0 saturated heterocycles. The van der Waals surface area contributed by atoms with Gasteiger partial charge in [-0.3, -0.25) is 9.36 Å². The fourth-order valence-corrected chi connectivity index (χ4v) is 4.41. The van der Waals surface area contributed by atoms with Gasteiger partial charge in [-0.2, -0.15) is 0 Å². The molecule has 1 aliphatic heterocycles. The molecule has 0 radical (unpaired) electrons. The summed E-state index contributed by atoms with van der Waals surface area (Å²) in [4.78, 5) is 22.7. The second-order valence-electron chi connectivity index (χ2n) is 8.74. The van der Waals surface area contributed by atoms with Crippen molar-refractivity contribution in [3.05, 3.63) is 82.1 Å². The first-order valence-corrected chi connectivity index (χ1v) is 10.6. The number of furan rings is 2. The highest BCUT2D eigenvalue weighted by Crippen LogP contribution is 2.40. The maximum atomic E-state index is 13.3. The molecule has 0 aliphatic carbocycles. The minimum absolute atomic E-state index is 0.217. The van der Waals surface area contributed by atoms with Gasteiger partial charge in [0.2, 0.25) is 11.3 Å². The number of hydrogen-bond acceptors (Lipinski definition) is 6. The van der Waals surface area contributed by atoms with Gasteiger partial charge in [0.05, 0.1) is 36.7 Å². The van der Waals surface area contributed by atoms with E-state index in [2.05, 4.69) is 18.8 Å². The van der Waals surface area contributed by atoms with Crippen molar-refractivity contribution in [3.63, 3.8) is 0 Å². The third-order valence-electron chi connectivity index (χ3n) is 5.97. The van der Waals surface area contributed by atoms with Crippen molar-refractivity contribution in [3.8, 4) is 11.5 Å². The molecule has 1 aromatic carbocycles. The predicted molar refractivity (Wildman–Crippen MR) is 119 cm³/mol. The van der Waals surface area contributed by atoms with Crippen LogP contribution in [0.15, 0.2) is 68.7 Å². The first kappa shape index (κ1) is 19.0. The Kier molecular flexibility index (Phi) is 4.10. The molecule has 0 unspecified atom stereocenters. The van der Waals surface area contributed by atoms with Crippen LogP contribution in [0, 0.1) is 0 Å². The van der Waals surface area contributed by atoms with Crippen LogP contribution in [-0.2, 0) is 24.3 Å². The predicted octanol–water partition coefficient (Wildman–Crippen LogP) is 4.70. The van der Waals surface area contributed by atoms with Crippen LogP contribution >= 0.6 is 0 Å². The lowest BCUT2D eigenvalue weighted by Gasteiger charge is -2.32. The van der Waals surface area contributed by atoms with E-state index in [0.717, 1.165) is 22.1 Å². The molecule has 0 saturated carbocycles. The van der Waals surface area contributed by atoms with Crippen molar-refractivity contribution in [2.24, 2.45) is 0 Å². The van der Waals surface area contributed by atoms with E-state index in [1.54, 1.807) is 17.2 Å². The van der Waals surface area contributed by atoms with Crippen LogP contribution in [0.5, 0.6) is 0 Å². The Morgan fingerprint density at radius 2 is 1.94 bits per heavy atom. The van der Waals surface area contributed by atoms with Gasteiger partial charge in [-0.1, -0.05) is 30.3 Å². The Labute approximate surface area is 183 Å². The zero-order valence-corrected chi connectivity index (χ0v) is 17.8. The van der Waals surface area contributed by atoms with Gasteiger partial charge < -0.3 is 13.6 Å². The highest BCUT2D eigenvalue weighted by Gasteiger charge is 2.33. The molecule has 5 heterocycles. The van der Waals surface area contributed by atoms with Crippen LogP contribution in [0.2, 0.25) is 0 Å². The molecule has 32 heavy (non-hydrogen) atoms. The SMILES string of the molecule is CC1(C)Cc2c(c(-c3ccco3)nc3oc4c(=O)n(Cc5ccccc5)cnc4c23)CO1. The van der Waals surface area contributed by atoms with Gasteiger partial charge in [0.15, 0.2) is 5.76 Å². The largest absolute Gasteiger partial charge is 0.463 e. The first-order valence-electron chi connectivity index (χ1n) is 10.6. The normalized spacial score (nSPS) is 15.3. The van der Waals surface area contributed by atoms with E-state index in [0.29, 0.717) is 42.3 Å². The smallest absolute Gasteiger partial charge is 0.297 e. The van der Waals surface area contributed by atoms with Crippen molar-refractivity contribution in [1.82, 2.24) is 14.5 Å². The van der Waals surface area contributed by atoms with Gasteiger partial charge in [-0.05, 0) is 37.1 Å². The Balaban J connectivity index is 1.60. The molecule has 6 rings (SSSR count). The molecule has 0 bridgehead atoms. The van der Waals surface area contributed by atoms with Crippen LogP contribution in [0.4, 0.5) is 0 Å². The Morgan fingerprint density at radius 3 is 2.72 bits per heavy atom. The standard InChI is InChI=1S/C25H21N3O4/c1-25(2)11-16-17(13-31-25)20(18-9-6-10-30-18)27-23-19(16)21-22(32-23)24(29)28(14-26-21)12-15-7-4-3-5-8-15/h3-10,14H,11-13H2,1-2H3. The molecule has 0 fully saturated rings. The Bertz CT molecular complexity index is 1510. The van der Waals surface area contributed by atoms with Gasteiger partial charge in [0.25, 0.3) is 5.56 Å². The fraction of sp³-hybridized carbons (Fsp3) is 0.240. The summed E-state index contributed by atoms with van der Waals surface area (Å²) < 4.78 is 19.3. The molecule has 5 aromatic rings. The number of ether oxygens (including phenoxy) is 1. The highest BCUT2D eigenvalue weighted by molar-refractivity contribution is 6.04. The molecular formula is C25H21N3O4. The number of hydrogen-bond donors (Lipinski definition) is 0. The summed E-state index contributed by atoms with van der Waals surface area (Å²) in [5, 5.41) is 0.783. The summed E-state index contributed by atoms with van der Waals surface area (Å²) in [6.45, 7) is 4.93. The van der Waals surface area contributed by atoms with Crippen LogP contribution < -0.4 is 5.56 Å². The zero-order chi connectivity index (χ0) is 21.9. The van der Waals surface area contributed by atoms with Crippen molar-refractivity contribution >= 4 is 22.2 Å². The zero-order valence-electron chi connectivity index (χ0n) is 17.8. The molecular weight excluding hydrogens is 406 g/mol. The summed E-state index contributed by atoms with van der Waals surface area (Å²) in [5.74, 6) is 0.640. The number of fused-ring (bicyclic) bond motifs is 5. The first-order chi connectivity index (χ1) is 15.5. The van der Waals surface area contributed by atoms with E-state index in [1.807, 2.05) is 42.5 Å². The monoisotopic (exact) mass is 427 g/mol. The summed E-state index contributed by atoms with van der Waals surface area (Å²) in [5.41, 5.74) is 4.26. The molecule has 4 aromatic heterocycles. The fourth-order valence-electron chi connectivity index (χ4n) is 4.41. The molecule has 7 nitrogen and oxygen atoms in total. The number of nitrogens with zero attached hydrogens (tertiary/aromatic N) is 3. The minimum Gasteiger partial charge on any atom is -0.463 e. The second kappa shape index (κ2) is 6.90. The minimum atomic E-state index is -0.354. The molecule has 1 aliphatic rings. The van der Waals surface area contributed by atoms with Crippen LogP contribution in [0.25, 0.3) is 33.7 Å². The lowest BCUT2D eigenvalue weighted by Crippen LogP contribution is -2.32. The Hall–Kier alpha value is -3.71. The van der Waals surface area contributed by atoms with Crippen LogP contribution in [-0.4, -0.2) is 20.1 Å². The van der Waals surface area contributed by atoms with E-state index in [1.165, 1.54) is 0 Å². The topological polar surface area (TPSA) is 83.3 Å². The van der Waals surface area contributed by atoms with E-state index in [4.69, 9.17) is 18.6 Å². The quantitative estimate of drug-likeness (QED) is 0.415. The van der Waals surface area contributed by atoms with Crippen LogP contribution in [0.1, 0.15) is 30.5 Å². The lowest BCUT2D eigenvalue weighted by atomic mass is 9.89. The third kappa shape index (κ3) is 2.97. The van der Waals surface area contributed by atoms with E-state index >= 15 is 0 Å². The summed E-state index contributed by atoms with van der Waals surface area (Å²) in [6, 6.07) is 13.5. The Morgan fingerprint density at radius 1 is 1.09 bits per heavy atom. The van der Waals surface area contributed by atoms with E-state index in [-0.39, 0.29) is 16.7 Å². The molecule has 0 N–H and O–H groups in total.